The number of rotatable bonds is 13. The Bertz CT molecular complexity index is 505. The average molecular weight is 365 g/mol. The number of carbonyl (C=O) groups excluding carboxylic acids is 1. The number of hydrogen-bond donors (Lipinski definition) is 0. The molecule has 0 radical (unpaired) electrons. The summed E-state index contributed by atoms with van der Waals surface area (Å²) in [5.74, 6) is 0.893. The molecular formula is C22H38NO3+. The van der Waals surface area contributed by atoms with Gasteiger partial charge in [0, 0.05) is 6.42 Å². The first-order valence-corrected chi connectivity index (χ1v) is 10.0. The molecule has 0 amide bonds. The Balaban J connectivity index is 1.97. The fourth-order valence-electron chi connectivity index (χ4n) is 3.04. The van der Waals surface area contributed by atoms with Crippen LogP contribution in [0.4, 0.5) is 0 Å². The fourth-order valence-corrected chi connectivity index (χ4v) is 3.04. The van der Waals surface area contributed by atoms with Crippen LogP contribution in [0.2, 0.25) is 0 Å². The van der Waals surface area contributed by atoms with E-state index >= 15 is 0 Å². The topological polar surface area (TPSA) is 35.5 Å². The van der Waals surface area contributed by atoms with Crippen LogP contribution in [0.5, 0.6) is 5.75 Å². The zero-order valence-corrected chi connectivity index (χ0v) is 17.4. The molecule has 0 heterocycles. The number of esters is 1. The predicted octanol–water partition coefficient (Wildman–Crippen LogP) is 4.74. The molecular weight excluding hydrogens is 326 g/mol. The minimum absolute atomic E-state index is 0.0618. The van der Waals surface area contributed by atoms with E-state index < -0.39 is 0 Å². The highest BCUT2D eigenvalue weighted by atomic mass is 16.5. The molecule has 0 saturated carbocycles. The molecule has 4 nitrogen and oxygen atoms in total. The maximum Gasteiger partial charge on any atom is 0.364 e. The summed E-state index contributed by atoms with van der Waals surface area (Å²) in [4.78, 5) is 12.1. The van der Waals surface area contributed by atoms with Gasteiger partial charge < -0.3 is 14.0 Å². The molecule has 4 heteroatoms. The van der Waals surface area contributed by atoms with Gasteiger partial charge in [-0.05, 0) is 31.9 Å². The molecule has 0 aliphatic heterocycles. The van der Waals surface area contributed by atoms with Crippen LogP contribution < -0.4 is 4.74 Å². The number of hydrogen-bond acceptors (Lipinski definition) is 3. The molecule has 1 rings (SSSR count). The highest BCUT2D eigenvalue weighted by Crippen LogP contribution is 2.13. The van der Waals surface area contributed by atoms with Gasteiger partial charge in [-0.1, -0.05) is 50.3 Å². The van der Waals surface area contributed by atoms with Crippen molar-refractivity contribution in [2.24, 2.45) is 0 Å². The standard InChI is InChI=1S/C22H38NO3/c1-6-21(23(3,4)5)22(24)26-18-12-10-8-7-9-11-17-25-20-15-13-19(2)14-16-20/h13-16,21H,6-12,17-18H2,1-5H3/q+1. The second kappa shape index (κ2) is 11.9. The molecule has 148 valence electrons. The van der Waals surface area contributed by atoms with Crippen LogP contribution in [0.3, 0.4) is 0 Å². The number of likely N-dealkylation sites (N-methyl/N-ethyl adjacent to an activating group) is 1. The van der Waals surface area contributed by atoms with E-state index in [1.165, 1.54) is 24.8 Å². The highest BCUT2D eigenvalue weighted by molar-refractivity contribution is 5.74. The maximum absolute atomic E-state index is 12.1. The molecule has 0 fully saturated rings. The third kappa shape index (κ3) is 9.23. The molecule has 0 bridgehead atoms. The molecule has 26 heavy (non-hydrogen) atoms. The number of ether oxygens (including phenoxy) is 2. The van der Waals surface area contributed by atoms with Crippen LogP contribution in [0.25, 0.3) is 0 Å². The van der Waals surface area contributed by atoms with Crippen LogP contribution >= 0.6 is 0 Å². The van der Waals surface area contributed by atoms with Gasteiger partial charge in [0.15, 0.2) is 6.04 Å². The van der Waals surface area contributed by atoms with Crippen molar-refractivity contribution in [3.05, 3.63) is 29.8 Å². The van der Waals surface area contributed by atoms with E-state index in [-0.39, 0.29) is 12.0 Å². The van der Waals surface area contributed by atoms with Crippen molar-refractivity contribution < 1.29 is 18.8 Å². The second-order valence-corrected chi connectivity index (χ2v) is 7.99. The monoisotopic (exact) mass is 364 g/mol. The summed E-state index contributed by atoms with van der Waals surface area (Å²) in [6, 6.07) is 8.14. The summed E-state index contributed by atoms with van der Waals surface area (Å²) < 4.78 is 11.8. The Hall–Kier alpha value is -1.55. The van der Waals surface area contributed by atoms with Gasteiger partial charge in [0.2, 0.25) is 0 Å². The van der Waals surface area contributed by atoms with E-state index in [1.54, 1.807) is 0 Å². The van der Waals surface area contributed by atoms with E-state index in [2.05, 4.69) is 19.1 Å². The van der Waals surface area contributed by atoms with Crippen LogP contribution in [0.1, 0.15) is 57.4 Å². The minimum atomic E-state index is -0.0662. The van der Waals surface area contributed by atoms with Crippen molar-refractivity contribution in [1.29, 1.82) is 0 Å². The Morgan fingerprint density at radius 2 is 1.46 bits per heavy atom. The summed E-state index contributed by atoms with van der Waals surface area (Å²) >= 11 is 0. The molecule has 1 atom stereocenters. The first kappa shape index (κ1) is 22.5. The quantitative estimate of drug-likeness (QED) is 0.288. The first-order valence-electron chi connectivity index (χ1n) is 10.0. The molecule has 0 spiro atoms. The molecule has 0 aliphatic carbocycles. The summed E-state index contributed by atoms with van der Waals surface area (Å²) in [6.07, 6.45) is 7.56. The smallest absolute Gasteiger partial charge is 0.364 e. The number of benzene rings is 1. The van der Waals surface area contributed by atoms with E-state index in [0.29, 0.717) is 11.1 Å². The summed E-state index contributed by atoms with van der Waals surface area (Å²) in [6.45, 7) is 5.45. The number of aryl methyl sites for hydroxylation is 1. The van der Waals surface area contributed by atoms with Crippen LogP contribution in [0, 0.1) is 6.92 Å². The van der Waals surface area contributed by atoms with Crippen molar-refractivity contribution in [3.8, 4) is 5.75 Å². The van der Waals surface area contributed by atoms with Crippen molar-refractivity contribution in [3.63, 3.8) is 0 Å². The van der Waals surface area contributed by atoms with E-state index in [1.807, 2.05) is 40.2 Å². The van der Waals surface area contributed by atoms with Gasteiger partial charge in [-0.2, -0.15) is 0 Å². The zero-order valence-electron chi connectivity index (χ0n) is 17.4. The lowest BCUT2D eigenvalue weighted by atomic mass is 10.1. The van der Waals surface area contributed by atoms with Crippen LogP contribution in [-0.2, 0) is 9.53 Å². The Morgan fingerprint density at radius 1 is 0.923 bits per heavy atom. The SMILES string of the molecule is CCC(C(=O)OCCCCCCCCOc1ccc(C)cc1)[N+](C)(C)C. The number of quaternary nitrogens is 1. The lowest BCUT2D eigenvalue weighted by Gasteiger charge is -2.31. The van der Waals surface area contributed by atoms with Gasteiger partial charge in [0.05, 0.1) is 34.4 Å². The van der Waals surface area contributed by atoms with Crippen molar-refractivity contribution in [2.45, 2.75) is 64.8 Å². The highest BCUT2D eigenvalue weighted by Gasteiger charge is 2.30. The fraction of sp³-hybridized carbons (Fsp3) is 0.682. The Labute approximate surface area is 160 Å². The van der Waals surface area contributed by atoms with Crippen molar-refractivity contribution in [2.75, 3.05) is 34.4 Å². The Kier molecular flexibility index (Phi) is 10.3. The van der Waals surface area contributed by atoms with Gasteiger partial charge in [0.1, 0.15) is 5.75 Å². The lowest BCUT2D eigenvalue weighted by Crippen LogP contribution is -2.50. The number of unbranched alkanes of at least 4 members (excludes halogenated alkanes) is 5. The molecule has 0 saturated heterocycles. The van der Waals surface area contributed by atoms with Crippen molar-refractivity contribution in [1.82, 2.24) is 0 Å². The minimum Gasteiger partial charge on any atom is -0.494 e. The molecule has 1 aromatic carbocycles. The van der Waals surface area contributed by atoms with Gasteiger partial charge in [-0.15, -0.1) is 0 Å². The lowest BCUT2D eigenvalue weighted by molar-refractivity contribution is -0.887. The van der Waals surface area contributed by atoms with E-state index in [4.69, 9.17) is 9.47 Å². The van der Waals surface area contributed by atoms with Crippen LogP contribution in [-0.4, -0.2) is 50.9 Å². The molecule has 0 N–H and O–H groups in total. The molecule has 0 aromatic heterocycles. The van der Waals surface area contributed by atoms with Gasteiger partial charge in [0.25, 0.3) is 0 Å². The zero-order chi connectivity index (χ0) is 19.4. The summed E-state index contributed by atoms with van der Waals surface area (Å²) in [5.41, 5.74) is 1.26. The van der Waals surface area contributed by atoms with Crippen LogP contribution in [0.15, 0.2) is 24.3 Å². The number of carbonyl (C=O) groups is 1. The summed E-state index contributed by atoms with van der Waals surface area (Å²) in [7, 11) is 6.12. The first-order chi connectivity index (χ1) is 12.3. The third-order valence-electron chi connectivity index (χ3n) is 4.67. The maximum atomic E-state index is 12.1. The molecule has 1 unspecified atom stereocenters. The van der Waals surface area contributed by atoms with E-state index in [0.717, 1.165) is 38.0 Å². The third-order valence-corrected chi connectivity index (χ3v) is 4.67. The van der Waals surface area contributed by atoms with Gasteiger partial charge >= 0.3 is 5.97 Å². The predicted molar refractivity (Wildman–Crippen MR) is 107 cm³/mol. The Morgan fingerprint density at radius 3 is 2.00 bits per heavy atom. The van der Waals surface area contributed by atoms with Gasteiger partial charge in [-0.3, -0.25) is 0 Å². The van der Waals surface area contributed by atoms with Crippen molar-refractivity contribution >= 4 is 5.97 Å². The molecule has 1 aromatic rings. The van der Waals surface area contributed by atoms with Gasteiger partial charge in [-0.25, -0.2) is 4.79 Å². The second-order valence-electron chi connectivity index (χ2n) is 7.99. The summed E-state index contributed by atoms with van der Waals surface area (Å²) in [5, 5.41) is 0. The number of nitrogens with zero attached hydrogens (tertiary/aromatic N) is 1. The average Bonchev–Trinajstić information content (AvgIpc) is 2.57. The molecule has 0 aliphatic rings. The largest absolute Gasteiger partial charge is 0.494 e. The van der Waals surface area contributed by atoms with E-state index in [9.17, 15) is 4.79 Å². The normalized spacial score (nSPS) is 12.7.